The van der Waals surface area contributed by atoms with Crippen molar-refractivity contribution in [3.63, 3.8) is 0 Å². The largest absolute Gasteiger partial charge is 0.337 e. The van der Waals surface area contributed by atoms with Crippen LogP contribution in [0.4, 0.5) is 0 Å². The molecule has 1 amide bonds. The van der Waals surface area contributed by atoms with E-state index in [1.54, 1.807) is 11.3 Å². The summed E-state index contributed by atoms with van der Waals surface area (Å²) in [7, 11) is 0. The van der Waals surface area contributed by atoms with Crippen LogP contribution < -0.4 is 0 Å². The smallest absolute Gasteiger partial charge is 0.263 e. The van der Waals surface area contributed by atoms with Gasteiger partial charge in [0.1, 0.15) is 0 Å². The lowest BCUT2D eigenvalue weighted by atomic mass is 9.82. The molecule has 1 saturated heterocycles. The number of hydrogen-bond acceptors (Lipinski definition) is 2. The van der Waals surface area contributed by atoms with Gasteiger partial charge in [-0.15, -0.1) is 11.3 Å². The Balaban J connectivity index is 2.06. The zero-order valence-electron chi connectivity index (χ0n) is 10.0. The van der Waals surface area contributed by atoms with Crippen molar-refractivity contribution < 1.29 is 4.79 Å². The second-order valence-corrected chi connectivity index (χ2v) is 5.61. The van der Waals surface area contributed by atoms with Gasteiger partial charge in [-0.3, -0.25) is 4.79 Å². The van der Waals surface area contributed by atoms with Crippen LogP contribution in [0.25, 0.3) is 0 Å². The van der Waals surface area contributed by atoms with Crippen molar-refractivity contribution >= 4 is 17.2 Å². The molecule has 1 aliphatic rings. The molecule has 0 saturated carbocycles. The average molecular weight is 237 g/mol. The first kappa shape index (κ1) is 11.6. The van der Waals surface area contributed by atoms with Crippen LogP contribution in [0, 0.1) is 5.41 Å². The number of likely N-dealkylation sites (tertiary alicyclic amines) is 1. The van der Waals surface area contributed by atoms with Crippen LogP contribution in [0.15, 0.2) is 17.5 Å². The molecule has 0 aliphatic carbocycles. The molecule has 2 nitrogen and oxygen atoms in total. The zero-order chi connectivity index (χ0) is 11.6. The van der Waals surface area contributed by atoms with Gasteiger partial charge in [0.15, 0.2) is 0 Å². The van der Waals surface area contributed by atoms with E-state index in [4.69, 9.17) is 0 Å². The molecular formula is C13H19NOS. The van der Waals surface area contributed by atoms with Crippen molar-refractivity contribution in [1.29, 1.82) is 0 Å². The number of amides is 1. The minimum absolute atomic E-state index is 0.221. The third-order valence-electron chi connectivity index (χ3n) is 3.96. The second-order valence-electron chi connectivity index (χ2n) is 4.66. The topological polar surface area (TPSA) is 20.3 Å². The summed E-state index contributed by atoms with van der Waals surface area (Å²) in [4.78, 5) is 15.1. The highest BCUT2D eigenvalue weighted by atomic mass is 32.1. The summed E-state index contributed by atoms with van der Waals surface area (Å²) in [6.07, 6.45) is 3.52. The molecule has 3 heteroatoms. The Hall–Kier alpha value is -0.830. The van der Waals surface area contributed by atoms with Gasteiger partial charge in [0.05, 0.1) is 4.88 Å². The first-order valence-corrected chi connectivity index (χ1v) is 6.91. The van der Waals surface area contributed by atoms with Crippen LogP contribution in [0.1, 0.15) is 42.8 Å². The highest BCUT2D eigenvalue weighted by Crippen LogP contribution is 2.37. The van der Waals surface area contributed by atoms with Gasteiger partial charge in [-0.05, 0) is 36.1 Å². The monoisotopic (exact) mass is 237 g/mol. The number of rotatable bonds is 3. The number of carbonyl (C=O) groups is 1. The Morgan fingerprint density at radius 1 is 1.50 bits per heavy atom. The summed E-state index contributed by atoms with van der Waals surface area (Å²) < 4.78 is 0. The maximum atomic E-state index is 12.2. The molecule has 88 valence electrons. The highest BCUT2D eigenvalue weighted by Gasteiger charge is 2.37. The Morgan fingerprint density at radius 3 is 2.75 bits per heavy atom. The summed E-state index contributed by atoms with van der Waals surface area (Å²) >= 11 is 1.54. The quantitative estimate of drug-likeness (QED) is 0.789. The van der Waals surface area contributed by atoms with Gasteiger partial charge in [-0.1, -0.05) is 19.9 Å². The lowest BCUT2D eigenvalue weighted by Gasteiger charge is -2.26. The fraction of sp³-hybridized carbons (Fsp3) is 0.615. The molecule has 0 N–H and O–H groups in total. The predicted molar refractivity (Wildman–Crippen MR) is 67.9 cm³/mol. The molecule has 0 unspecified atom stereocenters. The van der Waals surface area contributed by atoms with Crippen LogP contribution in [0.5, 0.6) is 0 Å². The van der Waals surface area contributed by atoms with E-state index in [1.165, 1.54) is 12.8 Å². The van der Waals surface area contributed by atoms with Gasteiger partial charge in [-0.2, -0.15) is 0 Å². The van der Waals surface area contributed by atoms with E-state index in [0.29, 0.717) is 5.41 Å². The van der Waals surface area contributed by atoms with Crippen molar-refractivity contribution in [2.75, 3.05) is 13.1 Å². The summed E-state index contributed by atoms with van der Waals surface area (Å²) in [5.41, 5.74) is 0.382. The van der Waals surface area contributed by atoms with Gasteiger partial charge in [0, 0.05) is 13.1 Å². The molecular weight excluding hydrogens is 218 g/mol. The van der Waals surface area contributed by atoms with Gasteiger partial charge in [0.2, 0.25) is 0 Å². The van der Waals surface area contributed by atoms with E-state index >= 15 is 0 Å². The van der Waals surface area contributed by atoms with E-state index in [1.807, 2.05) is 22.4 Å². The third kappa shape index (κ3) is 2.01. The normalized spacial score (nSPS) is 19.0. The fourth-order valence-electron chi connectivity index (χ4n) is 2.49. The van der Waals surface area contributed by atoms with Crippen molar-refractivity contribution in [2.45, 2.75) is 33.1 Å². The molecule has 0 atom stereocenters. The molecule has 2 heterocycles. The summed E-state index contributed by atoms with van der Waals surface area (Å²) in [5.74, 6) is 0.221. The predicted octanol–water partition coefficient (Wildman–Crippen LogP) is 3.40. The molecule has 0 radical (unpaired) electrons. The van der Waals surface area contributed by atoms with Crippen molar-refractivity contribution in [3.8, 4) is 0 Å². The number of thiophene rings is 1. The number of nitrogens with zero attached hydrogens (tertiary/aromatic N) is 1. The van der Waals surface area contributed by atoms with Crippen LogP contribution in [-0.2, 0) is 0 Å². The molecule has 1 aliphatic heterocycles. The summed E-state index contributed by atoms with van der Waals surface area (Å²) in [6.45, 7) is 6.35. The molecule has 0 aromatic carbocycles. The van der Waals surface area contributed by atoms with Gasteiger partial charge >= 0.3 is 0 Å². The number of carbonyl (C=O) groups excluding carboxylic acids is 1. The van der Waals surface area contributed by atoms with Gasteiger partial charge in [-0.25, -0.2) is 0 Å². The first-order valence-electron chi connectivity index (χ1n) is 6.03. The van der Waals surface area contributed by atoms with Crippen LogP contribution in [0.2, 0.25) is 0 Å². The first-order chi connectivity index (χ1) is 7.71. The maximum Gasteiger partial charge on any atom is 0.263 e. The molecule has 1 aromatic rings. The Labute approximate surface area is 101 Å². The molecule has 1 fully saturated rings. The molecule has 0 spiro atoms. The Morgan fingerprint density at radius 2 is 2.25 bits per heavy atom. The minimum atomic E-state index is 0.221. The Kier molecular flexibility index (Phi) is 3.33. The van der Waals surface area contributed by atoms with E-state index in [-0.39, 0.29) is 5.91 Å². The molecule has 2 rings (SSSR count). The minimum Gasteiger partial charge on any atom is -0.337 e. The lowest BCUT2D eigenvalue weighted by molar-refractivity contribution is 0.0774. The summed E-state index contributed by atoms with van der Waals surface area (Å²) in [5, 5.41) is 1.97. The summed E-state index contributed by atoms with van der Waals surface area (Å²) in [6, 6.07) is 3.87. The van der Waals surface area contributed by atoms with Crippen molar-refractivity contribution in [2.24, 2.45) is 5.41 Å². The Bertz CT molecular complexity index is 354. The van der Waals surface area contributed by atoms with E-state index < -0.39 is 0 Å². The fourth-order valence-corrected chi connectivity index (χ4v) is 3.18. The van der Waals surface area contributed by atoms with Crippen molar-refractivity contribution in [1.82, 2.24) is 4.90 Å². The van der Waals surface area contributed by atoms with Crippen LogP contribution >= 0.6 is 11.3 Å². The lowest BCUT2D eigenvalue weighted by Crippen LogP contribution is -2.31. The van der Waals surface area contributed by atoms with Crippen LogP contribution in [-0.4, -0.2) is 23.9 Å². The SMILES string of the molecule is CCC1(CC)CCN(C(=O)c2cccs2)C1. The molecule has 1 aromatic heterocycles. The third-order valence-corrected chi connectivity index (χ3v) is 4.82. The van der Waals surface area contributed by atoms with Gasteiger partial charge < -0.3 is 4.90 Å². The number of hydrogen-bond donors (Lipinski definition) is 0. The highest BCUT2D eigenvalue weighted by molar-refractivity contribution is 7.12. The average Bonchev–Trinajstić information content (AvgIpc) is 2.98. The van der Waals surface area contributed by atoms with Gasteiger partial charge in [0.25, 0.3) is 5.91 Å². The van der Waals surface area contributed by atoms with E-state index in [0.717, 1.165) is 24.4 Å². The van der Waals surface area contributed by atoms with E-state index in [9.17, 15) is 4.79 Å². The van der Waals surface area contributed by atoms with E-state index in [2.05, 4.69) is 13.8 Å². The molecule has 16 heavy (non-hydrogen) atoms. The van der Waals surface area contributed by atoms with Crippen LogP contribution in [0.3, 0.4) is 0 Å². The molecule has 0 bridgehead atoms. The second kappa shape index (κ2) is 4.58. The zero-order valence-corrected chi connectivity index (χ0v) is 10.8. The maximum absolute atomic E-state index is 12.2. The standard InChI is InChI=1S/C13H19NOS/c1-3-13(4-2)7-8-14(10-13)12(15)11-6-5-9-16-11/h5-6,9H,3-4,7-8,10H2,1-2H3. The van der Waals surface area contributed by atoms with Crippen molar-refractivity contribution in [3.05, 3.63) is 22.4 Å².